The number of halogens is 2. The Labute approximate surface area is 121 Å². The third-order valence-corrected chi connectivity index (χ3v) is 3.20. The zero-order valence-corrected chi connectivity index (χ0v) is 11.5. The van der Waals surface area contributed by atoms with Crippen LogP contribution < -0.4 is 5.32 Å². The van der Waals surface area contributed by atoms with Gasteiger partial charge in [0.15, 0.2) is 0 Å². The van der Waals surface area contributed by atoms with Crippen molar-refractivity contribution in [3.8, 4) is 6.07 Å². The summed E-state index contributed by atoms with van der Waals surface area (Å²) < 4.78 is 0. The maximum atomic E-state index is 8.67. The van der Waals surface area contributed by atoms with Gasteiger partial charge in [0.2, 0.25) is 0 Å². The van der Waals surface area contributed by atoms with Crippen LogP contribution in [0.1, 0.15) is 11.1 Å². The van der Waals surface area contributed by atoms with Crippen LogP contribution in [0.2, 0.25) is 10.0 Å². The van der Waals surface area contributed by atoms with Crippen LogP contribution >= 0.6 is 23.2 Å². The van der Waals surface area contributed by atoms with Crippen molar-refractivity contribution in [1.82, 2.24) is 4.98 Å². The lowest BCUT2D eigenvalue weighted by Gasteiger charge is -2.07. The van der Waals surface area contributed by atoms with Gasteiger partial charge in [0.1, 0.15) is 11.9 Å². The SMILES string of the molecule is N#Cc1ccc(NCCc2ccc(Cl)cc2Cl)nc1. The van der Waals surface area contributed by atoms with E-state index in [1.165, 1.54) is 6.20 Å². The highest BCUT2D eigenvalue weighted by molar-refractivity contribution is 6.35. The molecule has 0 radical (unpaired) electrons. The number of rotatable bonds is 4. The van der Waals surface area contributed by atoms with Crippen LogP contribution in [-0.2, 0) is 6.42 Å². The van der Waals surface area contributed by atoms with Crippen molar-refractivity contribution in [2.24, 2.45) is 0 Å². The largest absolute Gasteiger partial charge is 0.370 e. The van der Waals surface area contributed by atoms with Gasteiger partial charge in [-0.1, -0.05) is 29.3 Å². The van der Waals surface area contributed by atoms with E-state index in [1.807, 2.05) is 18.2 Å². The summed E-state index contributed by atoms with van der Waals surface area (Å²) in [5.41, 5.74) is 1.58. The summed E-state index contributed by atoms with van der Waals surface area (Å²) in [4.78, 5) is 4.13. The van der Waals surface area contributed by atoms with Crippen molar-refractivity contribution in [3.05, 3.63) is 57.7 Å². The molecule has 2 aromatic rings. The predicted octanol–water partition coefficient (Wildman–Crippen LogP) is 3.91. The number of pyridine rings is 1. The quantitative estimate of drug-likeness (QED) is 0.929. The highest BCUT2D eigenvalue weighted by Crippen LogP contribution is 2.21. The zero-order valence-electron chi connectivity index (χ0n) is 10.0. The van der Waals surface area contributed by atoms with Gasteiger partial charge in [-0.15, -0.1) is 0 Å². The summed E-state index contributed by atoms with van der Waals surface area (Å²) in [6.45, 7) is 0.709. The van der Waals surface area contributed by atoms with Crippen LogP contribution in [0.3, 0.4) is 0 Å². The van der Waals surface area contributed by atoms with Gasteiger partial charge < -0.3 is 5.32 Å². The van der Waals surface area contributed by atoms with Crippen LogP contribution in [0.5, 0.6) is 0 Å². The molecule has 0 saturated heterocycles. The Hall–Kier alpha value is -1.76. The zero-order chi connectivity index (χ0) is 13.7. The Morgan fingerprint density at radius 3 is 2.68 bits per heavy atom. The van der Waals surface area contributed by atoms with Gasteiger partial charge in [0, 0.05) is 22.8 Å². The van der Waals surface area contributed by atoms with Crippen molar-refractivity contribution in [1.29, 1.82) is 5.26 Å². The van der Waals surface area contributed by atoms with E-state index >= 15 is 0 Å². The summed E-state index contributed by atoms with van der Waals surface area (Å²) in [5.74, 6) is 0.740. The molecular weight excluding hydrogens is 281 g/mol. The summed E-state index contributed by atoms with van der Waals surface area (Å²) in [6, 6.07) is 11.0. The second-order valence-electron chi connectivity index (χ2n) is 3.96. The van der Waals surface area contributed by atoms with Crippen LogP contribution in [0.4, 0.5) is 5.82 Å². The molecular formula is C14H11Cl2N3. The number of nitrogens with one attached hydrogen (secondary N) is 1. The van der Waals surface area contributed by atoms with Gasteiger partial charge in [-0.05, 0) is 36.2 Å². The van der Waals surface area contributed by atoms with E-state index < -0.39 is 0 Å². The minimum atomic E-state index is 0.547. The van der Waals surface area contributed by atoms with Crippen molar-refractivity contribution in [2.45, 2.75) is 6.42 Å². The maximum absolute atomic E-state index is 8.67. The van der Waals surface area contributed by atoms with Crippen molar-refractivity contribution < 1.29 is 0 Å². The fourth-order valence-electron chi connectivity index (χ4n) is 1.61. The molecule has 0 saturated carbocycles. The third-order valence-electron chi connectivity index (χ3n) is 2.61. The molecule has 1 aromatic carbocycles. The van der Waals surface area contributed by atoms with Gasteiger partial charge >= 0.3 is 0 Å². The Bertz CT molecular complexity index is 603. The first kappa shape index (κ1) is 13.7. The smallest absolute Gasteiger partial charge is 0.125 e. The summed E-state index contributed by atoms with van der Waals surface area (Å²) in [5, 5.41) is 13.1. The van der Waals surface area contributed by atoms with Gasteiger partial charge in [-0.25, -0.2) is 4.98 Å². The highest BCUT2D eigenvalue weighted by atomic mass is 35.5. The lowest BCUT2D eigenvalue weighted by atomic mass is 10.1. The van der Waals surface area contributed by atoms with Gasteiger partial charge in [-0.2, -0.15) is 5.26 Å². The Balaban J connectivity index is 1.91. The molecule has 19 heavy (non-hydrogen) atoms. The van der Waals surface area contributed by atoms with E-state index in [4.69, 9.17) is 28.5 Å². The normalized spacial score (nSPS) is 9.95. The monoisotopic (exact) mass is 291 g/mol. The number of benzene rings is 1. The van der Waals surface area contributed by atoms with Crippen molar-refractivity contribution >= 4 is 29.0 Å². The Morgan fingerprint density at radius 1 is 1.21 bits per heavy atom. The Morgan fingerprint density at radius 2 is 2.05 bits per heavy atom. The summed E-state index contributed by atoms with van der Waals surface area (Å²) >= 11 is 11.9. The first-order valence-electron chi connectivity index (χ1n) is 5.73. The molecule has 0 amide bonds. The minimum absolute atomic E-state index is 0.547. The standard InChI is InChI=1S/C14H11Cl2N3/c15-12-3-2-11(13(16)7-12)5-6-18-14-4-1-10(8-17)9-19-14/h1-4,7,9H,5-6H2,(H,18,19). The molecule has 0 aliphatic carbocycles. The molecule has 1 N–H and O–H groups in total. The van der Waals surface area contributed by atoms with E-state index in [0.717, 1.165) is 17.8 Å². The number of anilines is 1. The first-order valence-corrected chi connectivity index (χ1v) is 6.48. The van der Waals surface area contributed by atoms with Crippen LogP contribution in [0.25, 0.3) is 0 Å². The van der Waals surface area contributed by atoms with Crippen molar-refractivity contribution in [3.63, 3.8) is 0 Å². The summed E-state index contributed by atoms with van der Waals surface area (Å²) in [7, 11) is 0. The molecule has 5 heteroatoms. The van der Waals surface area contributed by atoms with Gasteiger partial charge in [0.05, 0.1) is 5.56 Å². The second-order valence-corrected chi connectivity index (χ2v) is 4.80. The van der Waals surface area contributed by atoms with E-state index in [0.29, 0.717) is 22.2 Å². The number of hydrogen-bond acceptors (Lipinski definition) is 3. The molecule has 0 spiro atoms. The van der Waals surface area contributed by atoms with Gasteiger partial charge in [-0.3, -0.25) is 0 Å². The fourth-order valence-corrected chi connectivity index (χ4v) is 2.12. The first-order chi connectivity index (χ1) is 9.19. The van der Waals surface area contributed by atoms with Crippen LogP contribution in [0.15, 0.2) is 36.5 Å². The molecule has 3 nitrogen and oxygen atoms in total. The number of aromatic nitrogens is 1. The van der Waals surface area contributed by atoms with E-state index in [9.17, 15) is 0 Å². The molecule has 0 aliphatic rings. The fraction of sp³-hybridized carbons (Fsp3) is 0.143. The molecule has 0 unspecified atom stereocenters. The molecule has 0 fully saturated rings. The Kier molecular flexibility index (Phi) is 4.62. The molecule has 0 atom stereocenters. The van der Waals surface area contributed by atoms with Crippen molar-refractivity contribution in [2.75, 3.05) is 11.9 Å². The van der Waals surface area contributed by atoms with Crippen LogP contribution in [0, 0.1) is 11.3 Å². The lowest BCUT2D eigenvalue weighted by molar-refractivity contribution is 1.01. The topological polar surface area (TPSA) is 48.7 Å². The molecule has 2 rings (SSSR count). The second kappa shape index (κ2) is 6.42. The number of hydrogen-bond donors (Lipinski definition) is 1. The third kappa shape index (κ3) is 3.85. The van der Waals surface area contributed by atoms with Gasteiger partial charge in [0.25, 0.3) is 0 Å². The minimum Gasteiger partial charge on any atom is -0.370 e. The number of nitriles is 1. The summed E-state index contributed by atoms with van der Waals surface area (Å²) in [6.07, 6.45) is 2.31. The average Bonchev–Trinajstić information content (AvgIpc) is 2.42. The highest BCUT2D eigenvalue weighted by Gasteiger charge is 2.01. The van der Waals surface area contributed by atoms with E-state index in [1.54, 1.807) is 18.2 Å². The molecule has 0 aliphatic heterocycles. The average molecular weight is 292 g/mol. The predicted molar refractivity (Wildman–Crippen MR) is 77.6 cm³/mol. The molecule has 1 heterocycles. The van der Waals surface area contributed by atoms with E-state index in [2.05, 4.69) is 10.3 Å². The molecule has 96 valence electrons. The molecule has 0 bridgehead atoms. The maximum Gasteiger partial charge on any atom is 0.125 e. The number of nitrogens with zero attached hydrogens (tertiary/aromatic N) is 2. The van der Waals surface area contributed by atoms with Crippen LogP contribution in [-0.4, -0.2) is 11.5 Å². The molecule has 1 aromatic heterocycles. The lowest BCUT2D eigenvalue weighted by Crippen LogP contribution is -2.06. The van der Waals surface area contributed by atoms with E-state index in [-0.39, 0.29) is 0 Å².